The van der Waals surface area contributed by atoms with Gasteiger partial charge in [0.15, 0.2) is 27.9 Å². The second kappa shape index (κ2) is 13.7. The molecule has 39 heavy (non-hydrogen) atoms. The topological polar surface area (TPSA) is 90.9 Å². The average molecular weight is 713 g/mol. The van der Waals surface area contributed by atoms with Crippen molar-refractivity contribution < 1.29 is 40.6 Å². The number of carbonyl (C=O) groups is 1. The van der Waals surface area contributed by atoms with Crippen LogP contribution in [0.2, 0.25) is 0 Å². The molecule has 0 bridgehead atoms. The summed E-state index contributed by atoms with van der Waals surface area (Å²) in [6, 6.07) is 10.8. The van der Waals surface area contributed by atoms with E-state index in [1.807, 2.05) is 6.92 Å². The summed E-state index contributed by atoms with van der Waals surface area (Å²) in [5.74, 6) is 0.219. The largest absolute Gasteiger partial charge is 0.488 e. The van der Waals surface area contributed by atoms with Crippen molar-refractivity contribution >= 4 is 70.9 Å². The molecule has 3 aromatic rings. The lowest BCUT2D eigenvalue weighted by molar-refractivity contribution is -0.153. The normalized spacial score (nSPS) is 13.6. The van der Waals surface area contributed by atoms with Crippen LogP contribution in [-0.2, 0) is 9.84 Å². The van der Waals surface area contributed by atoms with Crippen LogP contribution >= 0.6 is 43.2 Å². The summed E-state index contributed by atoms with van der Waals surface area (Å²) in [4.78, 5) is 12.2. The Labute approximate surface area is 244 Å². The molecule has 7 nitrogen and oxygen atoms in total. The highest BCUT2D eigenvalue weighted by atomic mass is 79.9. The van der Waals surface area contributed by atoms with E-state index in [2.05, 4.69) is 41.9 Å². The second-order valence-electron chi connectivity index (χ2n) is 7.96. The molecule has 0 radical (unpaired) electrons. The van der Waals surface area contributed by atoms with Gasteiger partial charge in [0.1, 0.15) is 12.4 Å². The Hall–Kier alpha value is -2.55. The van der Waals surface area contributed by atoms with Crippen molar-refractivity contribution in [2.45, 2.75) is 27.6 Å². The smallest absolute Gasteiger partial charge is 0.422 e. The van der Waals surface area contributed by atoms with Gasteiger partial charge in [0.2, 0.25) is 0 Å². The molecule has 2 unspecified atom stereocenters. The second-order valence-corrected chi connectivity index (χ2v) is 13.2. The van der Waals surface area contributed by atoms with Gasteiger partial charge in [-0.2, -0.15) is 24.5 Å². The predicted octanol–water partition coefficient (Wildman–Crippen LogP) is 7.67. The first-order valence-corrected chi connectivity index (χ1v) is 15.4. The van der Waals surface area contributed by atoms with Crippen LogP contribution in [0.1, 0.15) is 12.5 Å². The number of ether oxygens (including phenoxy) is 3. The first-order chi connectivity index (χ1) is 18.3. The van der Waals surface area contributed by atoms with Crippen molar-refractivity contribution in [3.8, 4) is 17.2 Å². The van der Waals surface area contributed by atoms with E-state index in [9.17, 15) is 26.4 Å². The Kier molecular flexibility index (Phi) is 10.9. The lowest BCUT2D eigenvalue weighted by atomic mass is 10.2. The molecule has 1 heterocycles. The van der Waals surface area contributed by atoms with Crippen LogP contribution in [0.3, 0.4) is 0 Å². The van der Waals surface area contributed by atoms with Crippen LogP contribution in [0.4, 0.5) is 23.7 Å². The molecule has 2 aromatic carbocycles. The van der Waals surface area contributed by atoms with Crippen molar-refractivity contribution in [2.75, 3.05) is 18.5 Å². The number of amides is 1. The highest BCUT2D eigenvalue weighted by Gasteiger charge is 2.28. The number of benzene rings is 2. The summed E-state index contributed by atoms with van der Waals surface area (Å²) in [6.45, 7) is 0.653. The number of nitrogens with one attached hydrogen (secondary N) is 1. The number of rotatable bonds is 11. The molecule has 2 atom stereocenters. The van der Waals surface area contributed by atoms with E-state index in [1.165, 1.54) is 29.5 Å². The van der Waals surface area contributed by atoms with E-state index in [0.29, 0.717) is 11.3 Å². The molecule has 0 saturated carbocycles. The van der Waals surface area contributed by atoms with Crippen molar-refractivity contribution in [2.24, 2.45) is 0 Å². The van der Waals surface area contributed by atoms with Gasteiger partial charge in [0.25, 0.3) is 0 Å². The Morgan fingerprint density at radius 1 is 1.08 bits per heavy atom. The molecule has 210 valence electrons. The van der Waals surface area contributed by atoms with Gasteiger partial charge in [-0.05, 0) is 59.5 Å². The molecule has 3 rings (SSSR count). The van der Waals surface area contributed by atoms with Gasteiger partial charge in [0, 0.05) is 15.6 Å². The van der Waals surface area contributed by atoms with Gasteiger partial charge in [-0.25, -0.2) is 13.2 Å². The van der Waals surface area contributed by atoms with E-state index in [1.54, 1.807) is 22.9 Å². The van der Waals surface area contributed by atoms with E-state index >= 15 is 0 Å². The summed E-state index contributed by atoms with van der Waals surface area (Å²) in [7, 11) is -3.93. The van der Waals surface area contributed by atoms with Crippen LogP contribution in [0, 0.1) is 0 Å². The van der Waals surface area contributed by atoms with E-state index in [4.69, 9.17) is 9.47 Å². The minimum atomic E-state index is -4.51. The number of carbonyl (C=O) groups excluding carboxylic acids is 1. The van der Waals surface area contributed by atoms with Crippen LogP contribution < -0.4 is 19.5 Å². The maximum Gasteiger partial charge on any atom is 0.422 e. The van der Waals surface area contributed by atoms with Gasteiger partial charge in [0.05, 0.1) is 15.4 Å². The number of hydrogen-bond donors (Lipinski definition) is 1. The zero-order valence-electron chi connectivity index (χ0n) is 20.2. The summed E-state index contributed by atoms with van der Waals surface area (Å²) < 4.78 is 78.3. The van der Waals surface area contributed by atoms with Crippen molar-refractivity contribution in [3.05, 3.63) is 70.3 Å². The molecular weight excluding hydrogens is 691 g/mol. The Bertz CT molecular complexity index is 1380. The molecule has 1 amide bonds. The quantitative estimate of drug-likeness (QED) is 0.205. The van der Waals surface area contributed by atoms with Crippen molar-refractivity contribution in [1.29, 1.82) is 0 Å². The third kappa shape index (κ3) is 10.2. The third-order valence-electron chi connectivity index (χ3n) is 4.83. The monoisotopic (exact) mass is 711 g/mol. The van der Waals surface area contributed by atoms with E-state index < -0.39 is 28.7 Å². The van der Waals surface area contributed by atoms with Crippen molar-refractivity contribution in [3.63, 3.8) is 0 Å². The number of thiophene rings is 1. The number of hydrogen-bond acceptors (Lipinski definition) is 7. The maximum absolute atomic E-state index is 12.7. The summed E-state index contributed by atoms with van der Waals surface area (Å²) in [6.07, 6.45) is -3.91. The van der Waals surface area contributed by atoms with Gasteiger partial charge < -0.3 is 14.2 Å². The Morgan fingerprint density at radius 3 is 2.41 bits per heavy atom. The third-order valence-corrected chi connectivity index (χ3v) is 9.34. The molecule has 0 fully saturated rings. The van der Waals surface area contributed by atoms with Crippen molar-refractivity contribution in [1.82, 2.24) is 0 Å². The zero-order chi connectivity index (χ0) is 28.6. The fourth-order valence-corrected chi connectivity index (χ4v) is 4.73. The first kappa shape index (κ1) is 31.0. The lowest BCUT2D eigenvalue weighted by Gasteiger charge is -2.16. The summed E-state index contributed by atoms with van der Waals surface area (Å²) >= 11 is 8.35. The molecule has 0 aliphatic rings. The van der Waals surface area contributed by atoms with Gasteiger partial charge >= 0.3 is 12.3 Å². The molecule has 1 N–H and O–H groups in total. The fourth-order valence-electron chi connectivity index (χ4n) is 2.84. The number of halogens is 5. The minimum absolute atomic E-state index is 0.0715. The maximum atomic E-state index is 12.7. The summed E-state index contributed by atoms with van der Waals surface area (Å²) in [5, 5.41) is 7.09. The van der Waals surface area contributed by atoms with E-state index in [-0.39, 0.29) is 38.4 Å². The molecule has 0 aliphatic heterocycles. The fraction of sp³-hybridized carbons (Fsp3) is 0.240. The standard InChI is InChI=1S/C25H22Br2F3NO6S2/c1-16(26)21(27)13-35-23-12-17(2-7-22(23)37-24(32)31-18-8-10-38-14-18)9-11-39(33,34)20-5-3-19(4-6-20)36-15-25(28,29)30/h2-12,14,16,21H,13,15H2,1H3,(H,31,32)/b11-9+. The number of anilines is 1. The van der Waals surface area contributed by atoms with Crippen LogP contribution in [-0.4, -0.2) is 43.6 Å². The minimum Gasteiger partial charge on any atom is -0.488 e. The van der Waals surface area contributed by atoms with Crippen LogP contribution in [0.25, 0.3) is 6.08 Å². The lowest BCUT2D eigenvalue weighted by Crippen LogP contribution is -2.20. The molecular formula is C25H22Br2F3NO6S2. The van der Waals surface area contributed by atoms with E-state index in [0.717, 1.165) is 29.7 Å². The predicted molar refractivity (Wildman–Crippen MR) is 151 cm³/mol. The molecule has 0 spiro atoms. The van der Waals surface area contributed by atoms with Crippen LogP contribution in [0.5, 0.6) is 17.2 Å². The Balaban J connectivity index is 1.77. The molecule has 0 saturated heterocycles. The van der Waals surface area contributed by atoms with Crippen LogP contribution in [0.15, 0.2) is 69.6 Å². The van der Waals surface area contributed by atoms with Gasteiger partial charge in [-0.15, -0.1) is 0 Å². The molecule has 0 aliphatic carbocycles. The Morgan fingerprint density at radius 2 is 1.79 bits per heavy atom. The molecule has 1 aromatic heterocycles. The zero-order valence-corrected chi connectivity index (χ0v) is 25.0. The summed E-state index contributed by atoms with van der Waals surface area (Å²) in [5.41, 5.74) is 1.01. The average Bonchev–Trinajstić information content (AvgIpc) is 3.38. The highest BCUT2D eigenvalue weighted by Crippen LogP contribution is 2.31. The SMILES string of the molecule is CC(Br)C(Br)COc1cc(/C=C/S(=O)(=O)c2ccc(OCC(F)(F)F)cc2)ccc1OC(=O)Nc1ccsc1. The highest BCUT2D eigenvalue weighted by molar-refractivity contribution is 9.12. The van der Waals surface area contributed by atoms with Gasteiger partial charge in [-0.3, -0.25) is 5.32 Å². The first-order valence-electron chi connectivity index (χ1n) is 11.1. The molecule has 14 heteroatoms. The number of sulfone groups is 1. The number of alkyl halides is 5. The van der Waals surface area contributed by atoms with Gasteiger partial charge in [-0.1, -0.05) is 44.8 Å².